The molecule has 1 saturated carbocycles. The second-order valence-corrected chi connectivity index (χ2v) is 8.17. The highest BCUT2D eigenvalue weighted by atomic mass is 16.6. The van der Waals surface area contributed by atoms with E-state index in [2.05, 4.69) is 12.1 Å². The standard InChI is InChI=1S/C25H26O4/c1-15-13-16(2)20(17(3)14-15)21-22(25(29-24(21)27)11-5-6-12-25)23(26)18-7-9-19(28-4)10-8-18/h7-10,13-14H,5-6,11-12H2,1-4H3. The molecule has 4 rings (SSSR count). The number of ether oxygens (including phenoxy) is 2. The van der Waals surface area contributed by atoms with E-state index in [1.54, 1.807) is 31.4 Å². The van der Waals surface area contributed by atoms with Crippen LogP contribution in [0.5, 0.6) is 5.75 Å². The number of hydrogen-bond acceptors (Lipinski definition) is 4. The smallest absolute Gasteiger partial charge is 0.340 e. The summed E-state index contributed by atoms with van der Waals surface area (Å²) in [5, 5.41) is 0. The Kier molecular flexibility index (Phi) is 4.81. The first-order chi connectivity index (χ1) is 13.9. The third-order valence-electron chi connectivity index (χ3n) is 6.12. The molecule has 2 aromatic rings. The van der Waals surface area contributed by atoms with E-state index in [-0.39, 0.29) is 11.8 Å². The number of hydrogen-bond donors (Lipinski definition) is 0. The van der Waals surface area contributed by atoms with Crippen LogP contribution in [0, 0.1) is 20.8 Å². The Morgan fingerprint density at radius 3 is 2.14 bits per heavy atom. The Morgan fingerprint density at radius 1 is 1.00 bits per heavy atom. The molecule has 150 valence electrons. The highest BCUT2D eigenvalue weighted by Gasteiger charge is 2.52. The average molecular weight is 390 g/mol. The number of rotatable bonds is 4. The summed E-state index contributed by atoms with van der Waals surface area (Å²) in [5.41, 5.74) is 4.67. The molecule has 0 aromatic heterocycles. The number of esters is 1. The fourth-order valence-corrected chi connectivity index (χ4v) is 4.92. The molecule has 1 aliphatic carbocycles. The molecule has 1 heterocycles. The predicted octanol–water partition coefficient (Wildman–Crippen LogP) is 5.13. The topological polar surface area (TPSA) is 52.6 Å². The van der Waals surface area contributed by atoms with E-state index >= 15 is 0 Å². The van der Waals surface area contributed by atoms with Crippen LogP contribution in [0.3, 0.4) is 0 Å². The molecule has 1 spiro atoms. The molecule has 2 aliphatic rings. The highest BCUT2D eigenvalue weighted by molar-refractivity contribution is 6.30. The molecule has 0 atom stereocenters. The Bertz CT molecular complexity index is 998. The Hall–Kier alpha value is -2.88. The average Bonchev–Trinajstić information content (AvgIpc) is 3.25. The van der Waals surface area contributed by atoms with Crippen LogP contribution in [-0.2, 0) is 9.53 Å². The SMILES string of the molecule is COc1ccc(C(=O)C2=C(c3c(C)cc(C)cc3C)C(=O)OC23CCCC3)cc1. The van der Waals surface area contributed by atoms with Gasteiger partial charge in [0, 0.05) is 5.56 Å². The Balaban J connectivity index is 1.94. The van der Waals surface area contributed by atoms with Crippen LogP contribution in [0.15, 0.2) is 42.0 Å². The summed E-state index contributed by atoms with van der Waals surface area (Å²) in [6, 6.07) is 11.2. The summed E-state index contributed by atoms with van der Waals surface area (Å²) in [6.45, 7) is 6.02. The highest BCUT2D eigenvalue weighted by Crippen LogP contribution is 2.49. The lowest BCUT2D eigenvalue weighted by molar-refractivity contribution is -0.144. The monoisotopic (exact) mass is 390 g/mol. The molecular weight excluding hydrogens is 364 g/mol. The quantitative estimate of drug-likeness (QED) is 0.537. The van der Waals surface area contributed by atoms with Crippen LogP contribution in [0.25, 0.3) is 5.57 Å². The lowest BCUT2D eigenvalue weighted by Crippen LogP contribution is -2.31. The maximum absolute atomic E-state index is 13.7. The lowest BCUT2D eigenvalue weighted by atomic mass is 9.81. The minimum Gasteiger partial charge on any atom is -0.497 e. The molecule has 4 heteroatoms. The van der Waals surface area contributed by atoms with E-state index in [0.29, 0.717) is 35.3 Å². The number of ketones is 1. The van der Waals surface area contributed by atoms with Gasteiger partial charge in [-0.1, -0.05) is 17.7 Å². The van der Waals surface area contributed by atoms with Gasteiger partial charge in [-0.15, -0.1) is 0 Å². The molecule has 0 radical (unpaired) electrons. The summed E-state index contributed by atoms with van der Waals surface area (Å²) < 4.78 is 11.2. The molecule has 0 unspecified atom stereocenters. The van der Waals surface area contributed by atoms with Gasteiger partial charge in [-0.05, 0) is 87.4 Å². The molecule has 1 aliphatic heterocycles. The molecule has 29 heavy (non-hydrogen) atoms. The first kappa shape index (κ1) is 19.4. The van der Waals surface area contributed by atoms with Gasteiger partial charge in [0.2, 0.25) is 0 Å². The minimum absolute atomic E-state index is 0.130. The number of carbonyl (C=O) groups excluding carboxylic acids is 2. The van der Waals surface area contributed by atoms with E-state index in [4.69, 9.17) is 9.47 Å². The van der Waals surface area contributed by atoms with E-state index in [1.807, 2.05) is 20.8 Å². The zero-order valence-electron chi connectivity index (χ0n) is 17.4. The molecule has 2 aromatic carbocycles. The second-order valence-electron chi connectivity index (χ2n) is 8.17. The van der Waals surface area contributed by atoms with Gasteiger partial charge in [-0.2, -0.15) is 0 Å². The van der Waals surface area contributed by atoms with Crippen molar-refractivity contribution in [3.8, 4) is 5.75 Å². The summed E-state index contributed by atoms with van der Waals surface area (Å²) in [4.78, 5) is 26.8. The summed E-state index contributed by atoms with van der Waals surface area (Å²) >= 11 is 0. The number of aryl methyl sites for hydroxylation is 3. The Morgan fingerprint density at radius 2 is 1.59 bits per heavy atom. The largest absolute Gasteiger partial charge is 0.497 e. The second kappa shape index (κ2) is 7.18. The van der Waals surface area contributed by atoms with E-state index < -0.39 is 5.60 Å². The van der Waals surface area contributed by atoms with Crippen molar-refractivity contribution in [3.05, 3.63) is 69.8 Å². The van der Waals surface area contributed by atoms with Crippen LogP contribution in [0.4, 0.5) is 0 Å². The van der Waals surface area contributed by atoms with Crippen molar-refractivity contribution in [2.24, 2.45) is 0 Å². The van der Waals surface area contributed by atoms with E-state index in [1.165, 1.54) is 0 Å². The van der Waals surface area contributed by atoms with E-state index in [0.717, 1.165) is 35.1 Å². The molecule has 0 N–H and O–H groups in total. The van der Waals surface area contributed by atoms with Crippen molar-refractivity contribution >= 4 is 17.3 Å². The van der Waals surface area contributed by atoms with Gasteiger partial charge in [0.25, 0.3) is 0 Å². The molecule has 0 bridgehead atoms. The van der Waals surface area contributed by atoms with Gasteiger partial charge in [0.1, 0.15) is 11.4 Å². The minimum atomic E-state index is -0.798. The first-order valence-corrected chi connectivity index (χ1v) is 10.1. The van der Waals surface area contributed by atoms with Crippen LogP contribution in [-0.4, -0.2) is 24.5 Å². The van der Waals surface area contributed by atoms with Crippen LogP contribution in [0.2, 0.25) is 0 Å². The lowest BCUT2D eigenvalue weighted by Gasteiger charge is -2.25. The molecular formula is C25H26O4. The fourth-order valence-electron chi connectivity index (χ4n) is 4.92. The van der Waals surface area contributed by atoms with Gasteiger partial charge < -0.3 is 9.47 Å². The van der Waals surface area contributed by atoms with Crippen molar-refractivity contribution in [1.82, 2.24) is 0 Å². The third-order valence-corrected chi connectivity index (χ3v) is 6.12. The zero-order chi connectivity index (χ0) is 20.8. The summed E-state index contributed by atoms with van der Waals surface area (Å²) in [6.07, 6.45) is 3.30. The number of methoxy groups -OCH3 is 1. The number of carbonyl (C=O) groups is 2. The maximum Gasteiger partial charge on any atom is 0.340 e. The third kappa shape index (κ3) is 3.17. The van der Waals surface area contributed by atoms with Gasteiger partial charge in [-0.25, -0.2) is 4.79 Å². The van der Waals surface area contributed by atoms with Crippen LogP contribution < -0.4 is 4.74 Å². The fraction of sp³-hybridized carbons (Fsp3) is 0.360. The van der Waals surface area contributed by atoms with Crippen LogP contribution >= 0.6 is 0 Å². The first-order valence-electron chi connectivity index (χ1n) is 10.1. The zero-order valence-corrected chi connectivity index (χ0v) is 17.4. The summed E-state index contributed by atoms with van der Waals surface area (Å²) in [7, 11) is 1.59. The summed E-state index contributed by atoms with van der Waals surface area (Å²) in [5.74, 6) is 0.184. The molecule has 4 nitrogen and oxygen atoms in total. The van der Waals surface area contributed by atoms with Crippen molar-refractivity contribution in [3.63, 3.8) is 0 Å². The van der Waals surface area contributed by atoms with Crippen molar-refractivity contribution in [2.75, 3.05) is 7.11 Å². The molecule has 0 amide bonds. The Labute approximate surface area is 171 Å². The normalized spacial score (nSPS) is 17.7. The van der Waals surface area contributed by atoms with Crippen molar-refractivity contribution in [1.29, 1.82) is 0 Å². The molecule has 1 fully saturated rings. The predicted molar refractivity (Wildman–Crippen MR) is 112 cm³/mol. The van der Waals surface area contributed by atoms with Crippen LogP contribution in [0.1, 0.15) is 58.3 Å². The number of benzene rings is 2. The van der Waals surface area contributed by atoms with E-state index in [9.17, 15) is 9.59 Å². The number of Topliss-reactive ketones (excluding diaryl/α,β-unsaturated/α-hetero) is 1. The molecule has 0 saturated heterocycles. The van der Waals surface area contributed by atoms with Crippen molar-refractivity contribution < 1.29 is 19.1 Å². The van der Waals surface area contributed by atoms with Crippen molar-refractivity contribution in [2.45, 2.75) is 52.1 Å². The van der Waals surface area contributed by atoms with Gasteiger partial charge >= 0.3 is 5.97 Å². The maximum atomic E-state index is 13.7. The van der Waals surface area contributed by atoms with Gasteiger partial charge in [-0.3, -0.25) is 4.79 Å². The van der Waals surface area contributed by atoms with Gasteiger partial charge in [0.05, 0.1) is 18.3 Å². The van der Waals surface area contributed by atoms with Gasteiger partial charge in [0.15, 0.2) is 5.78 Å².